The van der Waals surface area contributed by atoms with Crippen molar-refractivity contribution < 1.29 is 0 Å². The highest BCUT2D eigenvalue weighted by Crippen LogP contribution is 2.24. The van der Waals surface area contributed by atoms with E-state index in [0.717, 1.165) is 18.5 Å². The fourth-order valence-corrected chi connectivity index (χ4v) is 3.08. The lowest BCUT2D eigenvalue weighted by molar-refractivity contribution is 0.306. The van der Waals surface area contributed by atoms with Gasteiger partial charge < -0.3 is 5.32 Å². The van der Waals surface area contributed by atoms with Crippen molar-refractivity contribution in [2.45, 2.75) is 45.2 Å². The summed E-state index contributed by atoms with van der Waals surface area (Å²) >= 11 is 0. The molecule has 1 fully saturated rings. The van der Waals surface area contributed by atoms with E-state index < -0.39 is 0 Å². The lowest BCUT2D eigenvalue weighted by Gasteiger charge is -2.27. The first-order chi connectivity index (χ1) is 9.31. The molecule has 2 aromatic carbocycles. The molecule has 1 aliphatic carbocycles. The predicted octanol–water partition coefficient (Wildman–Crippen LogP) is 4.51. The fraction of sp³-hybridized carbons (Fsp3) is 0.444. The van der Waals surface area contributed by atoms with E-state index in [4.69, 9.17) is 0 Å². The molecule has 0 bridgehead atoms. The molecule has 2 aromatic rings. The largest absolute Gasteiger partial charge is 0.310 e. The summed E-state index contributed by atoms with van der Waals surface area (Å²) in [5.41, 5.74) is 1.40. The van der Waals surface area contributed by atoms with Gasteiger partial charge >= 0.3 is 0 Å². The Morgan fingerprint density at radius 1 is 0.947 bits per heavy atom. The zero-order chi connectivity index (χ0) is 13.1. The standard InChI is InChI=1S/C18H23N/c1-14-6-10-18(11-7-14)19-13-15-8-9-16-4-2-3-5-17(16)12-15/h2-5,8-9,12,14,18-19H,6-7,10-11,13H2,1H3. The van der Waals surface area contributed by atoms with Gasteiger partial charge in [0.15, 0.2) is 0 Å². The van der Waals surface area contributed by atoms with Crippen LogP contribution >= 0.6 is 0 Å². The van der Waals surface area contributed by atoms with Gasteiger partial charge in [-0.3, -0.25) is 0 Å². The van der Waals surface area contributed by atoms with Crippen LogP contribution in [0.5, 0.6) is 0 Å². The van der Waals surface area contributed by atoms with Gasteiger partial charge in [-0.2, -0.15) is 0 Å². The number of rotatable bonds is 3. The second-order valence-electron chi connectivity index (χ2n) is 6.02. The van der Waals surface area contributed by atoms with Crippen LogP contribution in [-0.4, -0.2) is 6.04 Å². The van der Waals surface area contributed by atoms with Gasteiger partial charge in [0.05, 0.1) is 0 Å². The highest BCUT2D eigenvalue weighted by molar-refractivity contribution is 5.82. The van der Waals surface area contributed by atoms with Crippen molar-refractivity contribution in [3.05, 3.63) is 48.0 Å². The van der Waals surface area contributed by atoms with Gasteiger partial charge in [0.1, 0.15) is 0 Å². The fourth-order valence-electron chi connectivity index (χ4n) is 3.08. The van der Waals surface area contributed by atoms with Gasteiger partial charge in [0.2, 0.25) is 0 Å². The molecular formula is C18H23N. The Balaban J connectivity index is 1.62. The molecule has 19 heavy (non-hydrogen) atoms. The third-order valence-corrected chi connectivity index (χ3v) is 4.42. The first kappa shape index (κ1) is 12.7. The average molecular weight is 253 g/mol. The third kappa shape index (κ3) is 3.16. The average Bonchev–Trinajstić information content (AvgIpc) is 2.46. The van der Waals surface area contributed by atoms with Crippen LogP contribution in [0.2, 0.25) is 0 Å². The SMILES string of the molecule is CC1CCC(NCc2ccc3ccccc3c2)CC1. The van der Waals surface area contributed by atoms with E-state index >= 15 is 0 Å². The maximum absolute atomic E-state index is 3.72. The van der Waals surface area contributed by atoms with Crippen LogP contribution in [-0.2, 0) is 6.54 Å². The highest BCUT2D eigenvalue weighted by atomic mass is 14.9. The van der Waals surface area contributed by atoms with Crippen molar-refractivity contribution in [3.63, 3.8) is 0 Å². The molecule has 0 amide bonds. The van der Waals surface area contributed by atoms with Gasteiger partial charge in [-0.15, -0.1) is 0 Å². The number of fused-ring (bicyclic) bond motifs is 1. The zero-order valence-corrected chi connectivity index (χ0v) is 11.7. The maximum Gasteiger partial charge on any atom is 0.0208 e. The molecule has 0 heterocycles. The molecule has 1 heteroatoms. The first-order valence-electron chi connectivity index (χ1n) is 7.52. The van der Waals surface area contributed by atoms with Crippen LogP contribution in [0.25, 0.3) is 10.8 Å². The van der Waals surface area contributed by atoms with Gasteiger partial charge in [-0.25, -0.2) is 0 Å². The van der Waals surface area contributed by atoms with Crippen LogP contribution in [0.1, 0.15) is 38.2 Å². The van der Waals surface area contributed by atoms with Crippen molar-refractivity contribution in [2.75, 3.05) is 0 Å². The Bertz CT molecular complexity index is 538. The molecular weight excluding hydrogens is 230 g/mol. The van der Waals surface area contributed by atoms with E-state index in [1.165, 1.54) is 42.0 Å². The summed E-state index contributed by atoms with van der Waals surface area (Å²) in [7, 11) is 0. The van der Waals surface area contributed by atoms with Crippen LogP contribution in [0, 0.1) is 5.92 Å². The molecule has 0 aliphatic heterocycles. The Morgan fingerprint density at radius 2 is 1.68 bits per heavy atom. The molecule has 0 spiro atoms. The third-order valence-electron chi connectivity index (χ3n) is 4.42. The molecule has 1 saturated carbocycles. The molecule has 0 aromatic heterocycles. The Morgan fingerprint density at radius 3 is 2.47 bits per heavy atom. The molecule has 0 unspecified atom stereocenters. The minimum Gasteiger partial charge on any atom is -0.310 e. The van der Waals surface area contributed by atoms with E-state index in [9.17, 15) is 0 Å². The van der Waals surface area contributed by atoms with Crippen molar-refractivity contribution in [3.8, 4) is 0 Å². The molecule has 0 saturated heterocycles. The first-order valence-corrected chi connectivity index (χ1v) is 7.52. The number of hydrogen-bond donors (Lipinski definition) is 1. The molecule has 0 atom stereocenters. The van der Waals surface area contributed by atoms with E-state index in [1.807, 2.05) is 0 Å². The van der Waals surface area contributed by atoms with Crippen molar-refractivity contribution >= 4 is 10.8 Å². The monoisotopic (exact) mass is 253 g/mol. The normalized spacial score (nSPS) is 23.6. The number of benzene rings is 2. The highest BCUT2D eigenvalue weighted by Gasteiger charge is 2.17. The molecule has 1 nitrogen and oxygen atoms in total. The summed E-state index contributed by atoms with van der Waals surface area (Å²) in [6.07, 6.45) is 5.45. The topological polar surface area (TPSA) is 12.0 Å². The summed E-state index contributed by atoms with van der Waals surface area (Å²) in [6.45, 7) is 3.38. The van der Waals surface area contributed by atoms with Crippen LogP contribution in [0.4, 0.5) is 0 Å². The second-order valence-corrected chi connectivity index (χ2v) is 6.02. The Hall–Kier alpha value is -1.34. The van der Waals surface area contributed by atoms with E-state index in [1.54, 1.807) is 0 Å². The second kappa shape index (κ2) is 5.75. The predicted molar refractivity (Wildman–Crippen MR) is 82.2 cm³/mol. The summed E-state index contributed by atoms with van der Waals surface area (Å²) in [6, 6.07) is 16.1. The lowest BCUT2D eigenvalue weighted by Crippen LogP contribution is -2.32. The smallest absolute Gasteiger partial charge is 0.0208 e. The summed E-state index contributed by atoms with van der Waals surface area (Å²) in [5.74, 6) is 0.929. The molecule has 100 valence electrons. The molecule has 1 N–H and O–H groups in total. The molecule has 0 radical (unpaired) electrons. The van der Waals surface area contributed by atoms with Crippen molar-refractivity contribution in [2.24, 2.45) is 5.92 Å². The lowest BCUT2D eigenvalue weighted by atomic mass is 9.87. The Labute approximate surface area is 116 Å². The van der Waals surface area contributed by atoms with Crippen molar-refractivity contribution in [1.82, 2.24) is 5.32 Å². The molecule has 3 rings (SSSR count). The molecule has 1 aliphatic rings. The van der Waals surface area contributed by atoms with E-state index in [-0.39, 0.29) is 0 Å². The summed E-state index contributed by atoms with van der Waals surface area (Å²) < 4.78 is 0. The van der Waals surface area contributed by atoms with Gasteiger partial charge in [-0.05, 0) is 54.0 Å². The van der Waals surface area contributed by atoms with Crippen molar-refractivity contribution in [1.29, 1.82) is 0 Å². The summed E-state index contributed by atoms with van der Waals surface area (Å²) in [4.78, 5) is 0. The van der Waals surface area contributed by atoms with Gasteiger partial charge in [-0.1, -0.05) is 43.3 Å². The van der Waals surface area contributed by atoms with E-state index in [0.29, 0.717) is 0 Å². The zero-order valence-electron chi connectivity index (χ0n) is 11.7. The number of nitrogens with one attached hydrogen (secondary N) is 1. The quantitative estimate of drug-likeness (QED) is 0.848. The van der Waals surface area contributed by atoms with Crippen LogP contribution < -0.4 is 5.32 Å². The van der Waals surface area contributed by atoms with Crippen LogP contribution in [0.3, 0.4) is 0 Å². The van der Waals surface area contributed by atoms with Gasteiger partial charge in [0, 0.05) is 12.6 Å². The Kier molecular flexibility index (Phi) is 3.84. The van der Waals surface area contributed by atoms with Crippen LogP contribution in [0.15, 0.2) is 42.5 Å². The maximum atomic E-state index is 3.72. The van der Waals surface area contributed by atoms with Gasteiger partial charge in [0.25, 0.3) is 0 Å². The summed E-state index contributed by atoms with van der Waals surface area (Å²) in [5, 5.41) is 6.40. The van der Waals surface area contributed by atoms with E-state index in [2.05, 4.69) is 54.7 Å². The number of hydrogen-bond acceptors (Lipinski definition) is 1. The minimum absolute atomic E-state index is 0.725. The minimum atomic E-state index is 0.725.